The fourth-order valence-electron chi connectivity index (χ4n) is 2.34. The smallest absolute Gasteiger partial charge is 0.279 e. The first-order valence-electron chi connectivity index (χ1n) is 7.46. The molecule has 2 aromatic rings. The molecule has 0 aliphatic carbocycles. The van der Waals surface area contributed by atoms with Crippen LogP contribution in [0.4, 0.5) is 11.4 Å². The molecule has 2 rings (SSSR count). The molecule has 2 aromatic carbocycles. The van der Waals surface area contributed by atoms with Crippen LogP contribution in [0.3, 0.4) is 0 Å². The maximum atomic E-state index is 12.2. The predicted molar refractivity (Wildman–Crippen MR) is 93.4 cm³/mol. The molecule has 1 unspecified atom stereocenters. The van der Waals surface area contributed by atoms with Crippen molar-refractivity contribution >= 4 is 28.9 Å². The van der Waals surface area contributed by atoms with Gasteiger partial charge in [-0.2, -0.15) is 0 Å². The Bertz CT molecular complexity index is 747. The van der Waals surface area contributed by atoms with Gasteiger partial charge in [-0.1, -0.05) is 29.8 Å². The number of amides is 1. The molecule has 126 valence electrons. The van der Waals surface area contributed by atoms with E-state index in [1.807, 2.05) is 31.3 Å². The molecule has 2 N–H and O–H groups in total. The Kier molecular flexibility index (Phi) is 5.89. The van der Waals surface area contributed by atoms with Crippen LogP contribution in [0.1, 0.15) is 11.1 Å². The van der Waals surface area contributed by atoms with E-state index in [0.717, 1.165) is 16.0 Å². The fraction of sp³-hybridized carbons (Fsp3) is 0.235. The van der Waals surface area contributed by atoms with Crippen LogP contribution >= 0.6 is 11.6 Å². The van der Waals surface area contributed by atoms with E-state index >= 15 is 0 Å². The highest BCUT2D eigenvalue weighted by molar-refractivity contribution is 6.30. The van der Waals surface area contributed by atoms with Crippen molar-refractivity contribution < 1.29 is 14.6 Å². The number of non-ortho nitro benzene ring substituents is 1. The molecule has 0 saturated carbocycles. The van der Waals surface area contributed by atoms with E-state index in [9.17, 15) is 14.9 Å². The second kappa shape index (κ2) is 7.90. The average Bonchev–Trinajstić information content (AvgIpc) is 2.51. The number of carbonyl (C=O) groups excluding carboxylic acids is 1. The van der Waals surface area contributed by atoms with Crippen LogP contribution < -0.4 is 10.2 Å². The second-order valence-corrected chi connectivity index (χ2v) is 6.18. The largest absolute Gasteiger partial charge is 0.326 e. The zero-order valence-electron chi connectivity index (χ0n) is 13.5. The number of hydrogen-bond acceptors (Lipinski definition) is 3. The summed E-state index contributed by atoms with van der Waals surface area (Å²) in [7, 11) is 1.91. The molecule has 1 atom stereocenters. The first-order chi connectivity index (χ1) is 11.3. The summed E-state index contributed by atoms with van der Waals surface area (Å²) in [6, 6.07) is 11.9. The Labute approximate surface area is 145 Å². The van der Waals surface area contributed by atoms with Crippen LogP contribution in [0.15, 0.2) is 42.5 Å². The zero-order chi connectivity index (χ0) is 17.7. The van der Waals surface area contributed by atoms with Gasteiger partial charge >= 0.3 is 0 Å². The lowest BCUT2D eigenvalue weighted by Crippen LogP contribution is -3.08. The van der Waals surface area contributed by atoms with Crippen LogP contribution in [-0.2, 0) is 11.3 Å². The Morgan fingerprint density at radius 2 is 1.92 bits per heavy atom. The molecule has 1 amide bonds. The average molecular weight is 349 g/mol. The third-order valence-electron chi connectivity index (χ3n) is 3.59. The number of hydrogen-bond donors (Lipinski definition) is 2. The Balaban J connectivity index is 1.96. The van der Waals surface area contributed by atoms with Crippen LogP contribution in [0.2, 0.25) is 5.02 Å². The highest BCUT2D eigenvalue weighted by atomic mass is 35.5. The first kappa shape index (κ1) is 17.9. The van der Waals surface area contributed by atoms with E-state index in [2.05, 4.69) is 5.32 Å². The van der Waals surface area contributed by atoms with E-state index < -0.39 is 4.92 Å². The van der Waals surface area contributed by atoms with Gasteiger partial charge in [-0.15, -0.1) is 0 Å². The Morgan fingerprint density at radius 1 is 1.25 bits per heavy atom. The van der Waals surface area contributed by atoms with Crippen molar-refractivity contribution in [2.24, 2.45) is 0 Å². The van der Waals surface area contributed by atoms with Crippen molar-refractivity contribution in [3.8, 4) is 0 Å². The number of nitrogens with one attached hydrogen (secondary N) is 2. The quantitative estimate of drug-likeness (QED) is 0.620. The van der Waals surface area contributed by atoms with Crippen molar-refractivity contribution in [1.82, 2.24) is 0 Å². The topological polar surface area (TPSA) is 76.7 Å². The third-order valence-corrected chi connectivity index (χ3v) is 3.84. The van der Waals surface area contributed by atoms with E-state index in [1.165, 1.54) is 12.1 Å². The molecule has 0 saturated heterocycles. The maximum absolute atomic E-state index is 12.2. The summed E-state index contributed by atoms with van der Waals surface area (Å²) < 4.78 is 0. The molecule has 0 aromatic heterocycles. The van der Waals surface area contributed by atoms with Crippen molar-refractivity contribution in [1.29, 1.82) is 0 Å². The molecular weight excluding hydrogens is 330 g/mol. The van der Waals surface area contributed by atoms with Crippen LogP contribution in [0, 0.1) is 17.0 Å². The number of nitro groups is 1. The summed E-state index contributed by atoms with van der Waals surface area (Å²) in [5.41, 5.74) is 2.28. The summed E-state index contributed by atoms with van der Waals surface area (Å²) in [4.78, 5) is 23.5. The van der Waals surface area contributed by atoms with Gasteiger partial charge < -0.3 is 10.2 Å². The molecule has 0 spiro atoms. The molecule has 0 bridgehead atoms. The highest BCUT2D eigenvalue weighted by Crippen LogP contribution is 2.21. The maximum Gasteiger partial charge on any atom is 0.279 e. The second-order valence-electron chi connectivity index (χ2n) is 5.74. The minimum absolute atomic E-state index is 0.0437. The number of nitrogens with zero attached hydrogens (tertiary/aromatic N) is 1. The van der Waals surface area contributed by atoms with E-state index in [4.69, 9.17) is 11.6 Å². The number of rotatable bonds is 6. The summed E-state index contributed by atoms with van der Waals surface area (Å²) in [6.45, 7) is 2.73. The summed E-state index contributed by atoms with van der Waals surface area (Å²) in [5.74, 6) is -0.190. The van der Waals surface area contributed by atoms with Crippen LogP contribution in [-0.4, -0.2) is 24.4 Å². The summed E-state index contributed by atoms with van der Waals surface area (Å²) >= 11 is 5.85. The number of anilines is 1. The lowest BCUT2D eigenvalue weighted by molar-refractivity contribution is -0.885. The van der Waals surface area contributed by atoms with Crippen molar-refractivity contribution in [3.05, 3.63) is 68.7 Å². The number of carbonyl (C=O) groups is 1. The molecule has 0 aliphatic heterocycles. The third kappa shape index (κ3) is 5.04. The van der Waals surface area contributed by atoms with Gasteiger partial charge in [0.15, 0.2) is 6.54 Å². The number of aryl methyl sites for hydroxylation is 1. The van der Waals surface area contributed by atoms with Gasteiger partial charge in [0, 0.05) is 22.7 Å². The zero-order valence-corrected chi connectivity index (χ0v) is 14.3. The van der Waals surface area contributed by atoms with Gasteiger partial charge in [0.2, 0.25) is 0 Å². The molecule has 0 heterocycles. The molecule has 24 heavy (non-hydrogen) atoms. The highest BCUT2D eigenvalue weighted by Gasteiger charge is 2.14. The number of nitro benzene ring substituents is 1. The molecule has 0 radical (unpaired) electrons. The molecule has 0 aliphatic rings. The molecule has 6 nitrogen and oxygen atoms in total. The summed E-state index contributed by atoms with van der Waals surface area (Å²) in [6.07, 6.45) is 0. The van der Waals surface area contributed by atoms with E-state index in [0.29, 0.717) is 17.3 Å². The molecule has 0 fully saturated rings. The van der Waals surface area contributed by atoms with Gasteiger partial charge in [0.05, 0.1) is 17.7 Å². The minimum Gasteiger partial charge on any atom is -0.326 e. The van der Waals surface area contributed by atoms with E-state index in [1.54, 1.807) is 13.0 Å². The number of benzene rings is 2. The monoisotopic (exact) mass is 348 g/mol. The van der Waals surface area contributed by atoms with Crippen molar-refractivity contribution in [2.45, 2.75) is 13.5 Å². The van der Waals surface area contributed by atoms with Gasteiger partial charge in [-0.3, -0.25) is 14.9 Å². The summed E-state index contributed by atoms with van der Waals surface area (Å²) in [5, 5.41) is 14.3. The van der Waals surface area contributed by atoms with Gasteiger partial charge in [0.25, 0.3) is 11.6 Å². The van der Waals surface area contributed by atoms with Gasteiger partial charge in [-0.25, -0.2) is 0 Å². The number of quaternary nitrogens is 1. The normalized spacial score (nSPS) is 11.8. The first-order valence-corrected chi connectivity index (χ1v) is 7.83. The SMILES string of the molecule is Cc1ccc([N+](=O)[O-])cc1NC(=O)C[NH+](C)Cc1ccc(Cl)cc1. The molecular formula is C17H19ClN3O3+. The molecule has 7 heteroatoms. The number of halogens is 1. The minimum atomic E-state index is -0.479. The van der Waals surface area contributed by atoms with Crippen molar-refractivity contribution in [3.63, 3.8) is 0 Å². The van der Waals surface area contributed by atoms with Crippen LogP contribution in [0.25, 0.3) is 0 Å². The van der Waals surface area contributed by atoms with Gasteiger partial charge in [0.1, 0.15) is 6.54 Å². The van der Waals surface area contributed by atoms with Gasteiger partial charge in [-0.05, 0) is 24.6 Å². The lowest BCUT2D eigenvalue weighted by Gasteiger charge is -2.14. The standard InChI is InChI=1S/C17H18ClN3O3/c1-12-3-8-15(21(23)24)9-16(12)19-17(22)11-20(2)10-13-4-6-14(18)7-5-13/h3-9H,10-11H2,1-2H3,(H,19,22)/p+1. The predicted octanol–water partition coefficient (Wildman–Crippen LogP) is 2.21. The van der Waals surface area contributed by atoms with Crippen LogP contribution in [0.5, 0.6) is 0 Å². The fourth-order valence-corrected chi connectivity index (χ4v) is 2.47. The lowest BCUT2D eigenvalue weighted by atomic mass is 10.2. The Morgan fingerprint density at radius 3 is 2.54 bits per heavy atom. The Hall–Kier alpha value is -2.44. The van der Waals surface area contributed by atoms with Crippen molar-refractivity contribution in [2.75, 3.05) is 18.9 Å². The van der Waals surface area contributed by atoms with E-state index in [-0.39, 0.29) is 18.1 Å². The number of likely N-dealkylation sites (N-methyl/N-ethyl adjacent to an activating group) is 1.